The van der Waals surface area contributed by atoms with Crippen LogP contribution in [0, 0.1) is 0 Å². The number of hydrogen-bond acceptors (Lipinski definition) is 6. The molecule has 0 saturated carbocycles. The Labute approximate surface area is 438 Å². The smallest absolute Gasteiger partial charge is 0.306 e. The summed E-state index contributed by atoms with van der Waals surface area (Å²) in [4.78, 5) is 38.2. The molecule has 1 unspecified atom stereocenters. The molecule has 0 aliphatic carbocycles. The summed E-state index contributed by atoms with van der Waals surface area (Å²) in [6.07, 6.45) is 79.3. The molecule has 1 atom stereocenters. The van der Waals surface area contributed by atoms with E-state index in [1.165, 1.54) is 122 Å². The standard InChI is InChI=1S/C65H108O6/c1-4-7-10-13-16-19-22-25-28-30-32-34-37-40-43-46-49-52-55-58-64(67)70-61-62(60-69-63(66)57-54-51-48-45-42-39-36-27-24-21-18-15-12-9-6-3)71-65(68)59-56-53-50-47-44-41-38-35-33-31-29-26-23-20-17-14-11-8-5-2/h7,9-10,12,15-21,23-28,36,62H,4-6,8,11,13-14,22,29-35,37-61H2,1-3H3/b10-7-,12-9-,18-15-,19-16-,20-17-,24-21-,26-23-,28-25-,36-27-. The summed E-state index contributed by atoms with van der Waals surface area (Å²) >= 11 is 0. The van der Waals surface area contributed by atoms with Crippen LogP contribution in [-0.2, 0) is 28.6 Å². The van der Waals surface area contributed by atoms with Crippen molar-refractivity contribution in [2.75, 3.05) is 13.2 Å². The summed E-state index contributed by atoms with van der Waals surface area (Å²) in [6, 6.07) is 0. The minimum Gasteiger partial charge on any atom is -0.462 e. The van der Waals surface area contributed by atoms with Crippen LogP contribution in [0.3, 0.4) is 0 Å². The van der Waals surface area contributed by atoms with Crippen LogP contribution in [0.25, 0.3) is 0 Å². The van der Waals surface area contributed by atoms with Gasteiger partial charge in [-0.3, -0.25) is 14.4 Å². The maximum Gasteiger partial charge on any atom is 0.306 e. The molecule has 0 aromatic rings. The number of esters is 3. The van der Waals surface area contributed by atoms with E-state index in [9.17, 15) is 14.4 Å². The van der Waals surface area contributed by atoms with Crippen LogP contribution in [0.15, 0.2) is 109 Å². The maximum atomic E-state index is 12.9. The van der Waals surface area contributed by atoms with Crippen LogP contribution >= 0.6 is 0 Å². The summed E-state index contributed by atoms with van der Waals surface area (Å²) < 4.78 is 16.9. The fourth-order valence-electron chi connectivity index (χ4n) is 7.99. The van der Waals surface area contributed by atoms with Gasteiger partial charge in [-0.05, 0) is 96.3 Å². The third-order valence-electron chi connectivity index (χ3n) is 12.4. The van der Waals surface area contributed by atoms with Gasteiger partial charge in [0.05, 0.1) is 0 Å². The lowest BCUT2D eigenvalue weighted by Gasteiger charge is -2.18. The van der Waals surface area contributed by atoms with Gasteiger partial charge in [0.1, 0.15) is 13.2 Å². The van der Waals surface area contributed by atoms with E-state index >= 15 is 0 Å². The summed E-state index contributed by atoms with van der Waals surface area (Å²) in [5.41, 5.74) is 0. The van der Waals surface area contributed by atoms with Crippen LogP contribution in [0.5, 0.6) is 0 Å². The van der Waals surface area contributed by atoms with Crippen LogP contribution in [-0.4, -0.2) is 37.2 Å². The molecule has 0 heterocycles. The Kier molecular flexibility index (Phi) is 55.4. The molecule has 0 rings (SSSR count). The van der Waals surface area contributed by atoms with Gasteiger partial charge >= 0.3 is 17.9 Å². The van der Waals surface area contributed by atoms with Gasteiger partial charge in [-0.15, -0.1) is 0 Å². The molecule has 71 heavy (non-hydrogen) atoms. The first kappa shape index (κ1) is 67.1. The van der Waals surface area contributed by atoms with E-state index in [4.69, 9.17) is 14.2 Å². The second-order valence-electron chi connectivity index (χ2n) is 19.3. The van der Waals surface area contributed by atoms with Crippen LogP contribution in [0.2, 0.25) is 0 Å². The number of allylic oxidation sites excluding steroid dienone is 18. The molecule has 0 aliphatic rings. The van der Waals surface area contributed by atoms with Gasteiger partial charge in [-0.25, -0.2) is 0 Å². The number of hydrogen-bond donors (Lipinski definition) is 0. The first-order valence-corrected chi connectivity index (χ1v) is 29.5. The summed E-state index contributed by atoms with van der Waals surface area (Å²) in [5.74, 6) is -0.920. The predicted octanol–water partition coefficient (Wildman–Crippen LogP) is 19.9. The lowest BCUT2D eigenvalue weighted by Crippen LogP contribution is -2.30. The number of unbranched alkanes of at least 4 members (excludes halogenated alkanes) is 27. The van der Waals surface area contributed by atoms with E-state index < -0.39 is 6.10 Å². The molecule has 0 fully saturated rings. The van der Waals surface area contributed by atoms with Crippen molar-refractivity contribution in [2.24, 2.45) is 0 Å². The van der Waals surface area contributed by atoms with E-state index in [-0.39, 0.29) is 31.1 Å². The molecule has 0 amide bonds. The van der Waals surface area contributed by atoms with Gasteiger partial charge in [-0.1, -0.05) is 259 Å². The van der Waals surface area contributed by atoms with Gasteiger partial charge in [-0.2, -0.15) is 0 Å². The van der Waals surface area contributed by atoms with Gasteiger partial charge < -0.3 is 14.2 Å². The Morgan fingerprint density at radius 1 is 0.310 bits per heavy atom. The molecular weight excluding hydrogens is 877 g/mol. The minimum atomic E-state index is -0.795. The maximum absolute atomic E-state index is 12.9. The molecule has 0 N–H and O–H groups in total. The average Bonchev–Trinajstić information content (AvgIpc) is 3.37. The molecule has 404 valence electrons. The van der Waals surface area contributed by atoms with Crippen molar-refractivity contribution in [1.82, 2.24) is 0 Å². The van der Waals surface area contributed by atoms with Crippen molar-refractivity contribution < 1.29 is 28.6 Å². The lowest BCUT2D eigenvalue weighted by molar-refractivity contribution is -0.167. The Morgan fingerprint density at radius 2 is 0.620 bits per heavy atom. The molecule has 0 aromatic heterocycles. The van der Waals surface area contributed by atoms with Crippen LogP contribution < -0.4 is 0 Å². The lowest BCUT2D eigenvalue weighted by atomic mass is 10.1. The number of rotatable bonds is 52. The monoisotopic (exact) mass is 985 g/mol. The molecule has 0 aliphatic heterocycles. The summed E-state index contributed by atoms with van der Waals surface area (Å²) in [7, 11) is 0. The van der Waals surface area contributed by atoms with E-state index in [1.807, 2.05) is 18.2 Å². The Hall–Kier alpha value is -3.93. The highest BCUT2D eigenvalue weighted by molar-refractivity contribution is 5.71. The zero-order chi connectivity index (χ0) is 51.4. The van der Waals surface area contributed by atoms with E-state index in [2.05, 4.69) is 112 Å². The van der Waals surface area contributed by atoms with E-state index in [0.717, 1.165) is 103 Å². The van der Waals surface area contributed by atoms with Gasteiger partial charge in [0.25, 0.3) is 0 Å². The van der Waals surface area contributed by atoms with E-state index in [0.29, 0.717) is 19.3 Å². The minimum absolute atomic E-state index is 0.0912. The zero-order valence-electron chi connectivity index (χ0n) is 46.2. The number of carbonyl (C=O) groups excluding carboxylic acids is 3. The highest BCUT2D eigenvalue weighted by Crippen LogP contribution is 2.15. The number of ether oxygens (including phenoxy) is 3. The van der Waals surface area contributed by atoms with Crippen molar-refractivity contribution in [3.8, 4) is 0 Å². The van der Waals surface area contributed by atoms with Crippen molar-refractivity contribution >= 4 is 17.9 Å². The third kappa shape index (κ3) is 56.9. The highest BCUT2D eigenvalue weighted by atomic mass is 16.6. The Morgan fingerprint density at radius 3 is 1.04 bits per heavy atom. The van der Waals surface area contributed by atoms with Gasteiger partial charge in [0.15, 0.2) is 6.10 Å². The summed E-state index contributed by atoms with van der Waals surface area (Å²) in [6.45, 7) is 6.35. The van der Waals surface area contributed by atoms with E-state index in [1.54, 1.807) is 0 Å². The molecular formula is C65H108O6. The molecule has 0 saturated heterocycles. The topological polar surface area (TPSA) is 78.9 Å². The summed E-state index contributed by atoms with van der Waals surface area (Å²) in [5, 5.41) is 0. The third-order valence-corrected chi connectivity index (χ3v) is 12.4. The zero-order valence-corrected chi connectivity index (χ0v) is 46.2. The quantitative estimate of drug-likeness (QED) is 0.0199. The Balaban J connectivity index is 4.42. The van der Waals surface area contributed by atoms with Crippen molar-refractivity contribution in [2.45, 2.75) is 271 Å². The second-order valence-corrected chi connectivity index (χ2v) is 19.3. The second kappa shape index (κ2) is 58.6. The number of carbonyl (C=O) groups is 3. The molecule has 6 heteroatoms. The fourth-order valence-corrected chi connectivity index (χ4v) is 7.99. The Bertz CT molecular complexity index is 1460. The highest BCUT2D eigenvalue weighted by Gasteiger charge is 2.19. The first-order valence-electron chi connectivity index (χ1n) is 29.5. The van der Waals surface area contributed by atoms with Crippen LogP contribution in [0.4, 0.5) is 0 Å². The first-order chi connectivity index (χ1) is 35.0. The fraction of sp³-hybridized carbons (Fsp3) is 0.677. The van der Waals surface area contributed by atoms with Crippen molar-refractivity contribution in [3.05, 3.63) is 109 Å². The largest absolute Gasteiger partial charge is 0.462 e. The SMILES string of the molecule is CC\C=C/C=C\C=C/C=C\CCCCCCCC(=O)OCC(COC(=O)CCCCCCCCCCC/C=C\C/C=C\C/C=C\CC)OC(=O)CCCCCCCCCCCC/C=C\C=C/CCCCC. The molecule has 0 bridgehead atoms. The molecule has 0 radical (unpaired) electrons. The molecule has 0 spiro atoms. The van der Waals surface area contributed by atoms with Crippen molar-refractivity contribution in [1.29, 1.82) is 0 Å². The normalized spacial score (nSPS) is 12.9. The van der Waals surface area contributed by atoms with Gasteiger partial charge in [0, 0.05) is 19.3 Å². The average molecular weight is 986 g/mol. The predicted molar refractivity (Wildman–Crippen MR) is 307 cm³/mol. The molecule has 0 aromatic carbocycles. The molecule has 6 nitrogen and oxygen atoms in total. The van der Waals surface area contributed by atoms with Crippen LogP contribution in [0.1, 0.15) is 265 Å². The van der Waals surface area contributed by atoms with Crippen molar-refractivity contribution in [3.63, 3.8) is 0 Å². The van der Waals surface area contributed by atoms with Gasteiger partial charge in [0.2, 0.25) is 0 Å².